The Morgan fingerprint density at radius 1 is 1.26 bits per heavy atom. The van der Waals surface area contributed by atoms with E-state index in [2.05, 4.69) is 46.8 Å². The lowest BCUT2D eigenvalue weighted by Crippen LogP contribution is -2.15. The summed E-state index contributed by atoms with van der Waals surface area (Å²) in [5, 5.41) is 11.8. The van der Waals surface area contributed by atoms with Crippen LogP contribution < -0.4 is 5.32 Å². The van der Waals surface area contributed by atoms with Crippen molar-refractivity contribution in [1.82, 2.24) is 20.3 Å². The van der Waals surface area contributed by atoms with Gasteiger partial charge in [0.25, 0.3) is 0 Å². The number of hydrogen-bond acceptors (Lipinski definition) is 3. The zero-order chi connectivity index (χ0) is 13.1. The van der Waals surface area contributed by atoms with Gasteiger partial charge < -0.3 is 5.32 Å². The summed E-state index contributed by atoms with van der Waals surface area (Å²) in [5.41, 5.74) is 3.46. The molecule has 1 saturated carbocycles. The molecule has 0 aliphatic heterocycles. The van der Waals surface area contributed by atoms with Gasteiger partial charge >= 0.3 is 0 Å². The molecule has 0 bridgehead atoms. The van der Waals surface area contributed by atoms with E-state index in [9.17, 15) is 0 Å². The van der Waals surface area contributed by atoms with E-state index in [1.165, 1.54) is 24.8 Å². The Kier molecular flexibility index (Phi) is 3.60. The molecule has 0 atom stereocenters. The topological polar surface area (TPSA) is 42.7 Å². The predicted molar refractivity (Wildman–Crippen MR) is 75.2 cm³/mol. The van der Waals surface area contributed by atoms with Crippen LogP contribution in [0.2, 0.25) is 0 Å². The van der Waals surface area contributed by atoms with Crippen molar-refractivity contribution in [3.05, 3.63) is 41.7 Å². The van der Waals surface area contributed by atoms with Gasteiger partial charge in [-0.25, -0.2) is 4.68 Å². The molecule has 0 saturated heterocycles. The smallest absolute Gasteiger partial charge is 0.0969 e. The maximum absolute atomic E-state index is 4.20. The number of nitrogens with one attached hydrogen (secondary N) is 1. The lowest BCUT2D eigenvalue weighted by molar-refractivity contribution is 0.671. The molecule has 1 heterocycles. The summed E-state index contributed by atoms with van der Waals surface area (Å²) in [7, 11) is 0. The highest BCUT2D eigenvalue weighted by Gasteiger charge is 2.20. The van der Waals surface area contributed by atoms with Gasteiger partial charge in [-0.3, -0.25) is 0 Å². The lowest BCUT2D eigenvalue weighted by Gasteiger charge is -2.02. The molecule has 0 unspecified atom stereocenters. The van der Waals surface area contributed by atoms with Gasteiger partial charge in [0.05, 0.1) is 17.6 Å². The molecule has 100 valence electrons. The monoisotopic (exact) mass is 256 g/mol. The summed E-state index contributed by atoms with van der Waals surface area (Å²) in [6.45, 7) is 3.02. The molecule has 2 aromatic rings. The third-order valence-corrected chi connectivity index (χ3v) is 3.43. The zero-order valence-corrected chi connectivity index (χ0v) is 11.3. The van der Waals surface area contributed by atoms with Crippen molar-refractivity contribution in [3.63, 3.8) is 0 Å². The van der Waals surface area contributed by atoms with E-state index in [1.807, 2.05) is 10.9 Å². The van der Waals surface area contributed by atoms with Crippen LogP contribution in [-0.4, -0.2) is 21.0 Å². The second-order valence-corrected chi connectivity index (χ2v) is 5.23. The second-order valence-electron chi connectivity index (χ2n) is 5.23. The first kappa shape index (κ1) is 12.4. The SMILES string of the molecule is CCCc1ccc(-n2cc(CNC3CC3)nn2)cc1. The highest BCUT2D eigenvalue weighted by Crippen LogP contribution is 2.19. The fraction of sp³-hybridized carbons (Fsp3) is 0.467. The third kappa shape index (κ3) is 3.20. The molecule has 1 fully saturated rings. The van der Waals surface area contributed by atoms with Crippen LogP contribution in [0, 0.1) is 0 Å². The van der Waals surface area contributed by atoms with E-state index in [-0.39, 0.29) is 0 Å². The first-order chi connectivity index (χ1) is 9.35. The largest absolute Gasteiger partial charge is 0.308 e. The molecule has 1 aliphatic rings. The first-order valence-corrected chi connectivity index (χ1v) is 7.09. The van der Waals surface area contributed by atoms with E-state index in [4.69, 9.17) is 0 Å². The van der Waals surface area contributed by atoms with Crippen LogP contribution >= 0.6 is 0 Å². The summed E-state index contributed by atoms with van der Waals surface area (Å²) in [6.07, 6.45) is 6.91. The molecule has 3 rings (SSSR count). The molecular formula is C15H20N4. The molecule has 0 amide bonds. The minimum Gasteiger partial charge on any atom is -0.308 e. The fourth-order valence-corrected chi connectivity index (χ4v) is 2.15. The van der Waals surface area contributed by atoms with Crippen LogP contribution in [0.5, 0.6) is 0 Å². The van der Waals surface area contributed by atoms with Crippen molar-refractivity contribution < 1.29 is 0 Å². The molecule has 19 heavy (non-hydrogen) atoms. The van der Waals surface area contributed by atoms with Gasteiger partial charge in [-0.2, -0.15) is 0 Å². The second kappa shape index (κ2) is 5.53. The van der Waals surface area contributed by atoms with E-state index in [1.54, 1.807) is 0 Å². The van der Waals surface area contributed by atoms with E-state index >= 15 is 0 Å². The average molecular weight is 256 g/mol. The van der Waals surface area contributed by atoms with Crippen LogP contribution in [0.3, 0.4) is 0 Å². The Hall–Kier alpha value is -1.68. The standard InChI is InChI=1S/C15H20N4/c1-2-3-12-4-8-15(9-5-12)19-11-14(17-18-19)10-16-13-6-7-13/h4-5,8-9,11,13,16H,2-3,6-7,10H2,1H3. The summed E-state index contributed by atoms with van der Waals surface area (Å²) in [5.74, 6) is 0. The number of rotatable bonds is 6. The fourth-order valence-electron chi connectivity index (χ4n) is 2.15. The molecule has 1 aliphatic carbocycles. The van der Waals surface area contributed by atoms with Crippen LogP contribution in [0.15, 0.2) is 30.5 Å². The van der Waals surface area contributed by atoms with Gasteiger partial charge in [-0.15, -0.1) is 5.10 Å². The summed E-state index contributed by atoms with van der Waals surface area (Å²) in [6, 6.07) is 9.26. The first-order valence-electron chi connectivity index (χ1n) is 7.09. The zero-order valence-electron chi connectivity index (χ0n) is 11.3. The highest BCUT2D eigenvalue weighted by molar-refractivity contribution is 5.33. The van der Waals surface area contributed by atoms with Gasteiger partial charge in [0, 0.05) is 12.6 Å². The summed E-state index contributed by atoms with van der Waals surface area (Å²) in [4.78, 5) is 0. The third-order valence-electron chi connectivity index (χ3n) is 3.43. The van der Waals surface area contributed by atoms with Gasteiger partial charge in [0.2, 0.25) is 0 Å². The van der Waals surface area contributed by atoms with E-state index in [0.29, 0.717) is 6.04 Å². The summed E-state index contributed by atoms with van der Waals surface area (Å²) >= 11 is 0. The van der Waals surface area contributed by atoms with Gasteiger partial charge in [-0.05, 0) is 37.0 Å². The normalized spacial score (nSPS) is 14.8. The van der Waals surface area contributed by atoms with Crippen LogP contribution in [0.1, 0.15) is 37.4 Å². The molecule has 0 spiro atoms. The molecule has 0 radical (unpaired) electrons. The number of aryl methyl sites for hydroxylation is 1. The van der Waals surface area contributed by atoms with Crippen molar-refractivity contribution in [2.75, 3.05) is 0 Å². The Balaban J connectivity index is 1.66. The highest BCUT2D eigenvalue weighted by atomic mass is 15.4. The number of nitrogens with zero attached hydrogens (tertiary/aromatic N) is 3. The predicted octanol–water partition coefficient (Wildman–Crippen LogP) is 2.47. The van der Waals surface area contributed by atoms with E-state index < -0.39 is 0 Å². The van der Waals surface area contributed by atoms with Crippen molar-refractivity contribution in [3.8, 4) is 5.69 Å². The summed E-state index contributed by atoms with van der Waals surface area (Å²) < 4.78 is 1.85. The lowest BCUT2D eigenvalue weighted by atomic mass is 10.1. The van der Waals surface area contributed by atoms with E-state index in [0.717, 1.165) is 24.3 Å². The number of hydrogen-bond donors (Lipinski definition) is 1. The Morgan fingerprint density at radius 3 is 2.74 bits per heavy atom. The minimum absolute atomic E-state index is 0.707. The van der Waals surface area contributed by atoms with Crippen molar-refractivity contribution in [2.45, 2.75) is 45.2 Å². The van der Waals surface area contributed by atoms with Crippen molar-refractivity contribution >= 4 is 0 Å². The van der Waals surface area contributed by atoms with Crippen molar-refractivity contribution in [2.24, 2.45) is 0 Å². The number of benzene rings is 1. The molecule has 4 nitrogen and oxygen atoms in total. The van der Waals surface area contributed by atoms with Crippen molar-refractivity contribution in [1.29, 1.82) is 0 Å². The molecular weight excluding hydrogens is 236 g/mol. The van der Waals surface area contributed by atoms with Crippen LogP contribution in [0.4, 0.5) is 0 Å². The molecule has 1 N–H and O–H groups in total. The van der Waals surface area contributed by atoms with Crippen LogP contribution in [0.25, 0.3) is 5.69 Å². The average Bonchev–Trinajstić information content (AvgIpc) is 3.15. The Labute approximate surface area is 113 Å². The number of aromatic nitrogens is 3. The van der Waals surface area contributed by atoms with Crippen LogP contribution in [-0.2, 0) is 13.0 Å². The maximum atomic E-state index is 4.20. The van der Waals surface area contributed by atoms with Gasteiger partial charge in [0.15, 0.2) is 0 Å². The van der Waals surface area contributed by atoms with Gasteiger partial charge in [-0.1, -0.05) is 30.7 Å². The Morgan fingerprint density at radius 2 is 2.05 bits per heavy atom. The Bertz CT molecular complexity index is 525. The molecule has 4 heteroatoms. The maximum Gasteiger partial charge on any atom is 0.0969 e. The molecule has 1 aromatic carbocycles. The quantitative estimate of drug-likeness (QED) is 0.863. The molecule has 1 aromatic heterocycles. The minimum atomic E-state index is 0.707. The van der Waals surface area contributed by atoms with Gasteiger partial charge in [0.1, 0.15) is 0 Å².